The number of rotatable bonds is 3. The molecule has 108 valence electrons. The standard InChI is InChI=1S/C14H12N2O3S2/c1-16-12-9-10(7-8-13(12)20-14(16)17)15-21(18,19)11-5-3-2-4-6-11/h2-9,15H,1H3. The Morgan fingerprint density at radius 1 is 1.10 bits per heavy atom. The minimum atomic E-state index is -3.62. The molecule has 3 aromatic rings. The Morgan fingerprint density at radius 3 is 2.52 bits per heavy atom. The molecule has 0 radical (unpaired) electrons. The molecule has 0 aliphatic rings. The van der Waals surface area contributed by atoms with Gasteiger partial charge >= 0.3 is 4.87 Å². The largest absolute Gasteiger partial charge is 0.307 e. The third-order valence-corrected chi connectivity index (χ3v) is 5.51. The third-order valence-electron chi connectivity index (χ3n) is 3.10. The molecule has 2 aromatic carbocycles. The lowest BCUT2D eigenvalue weighted by molar-refractivity contribution is 0.601. The highest BCUT2D eigenvalue weighted by atomic mass is 32.2. The Morgan fingerprint density at radius 2 is 1.81 bits per heavy atom. The van der Waals surface area contributed by atoms with Crippen LogP contribution in [0.2, 0.25) is 0 Å². The van der Waals surface area contributed by atoms with Gasteiger partial charge in [-0.3, -0.25) is 9.52 Å². The van der Waals surface area contributed by atoms with Gasteiger partial charge in [-0.15, -0.1) is 0 Å². The number of sulfonamides is 1. The van der Waals surface area contributed by atoms with Crippen LogP contribution in [0.4, 0.5) is 5.69 Å². The monoisotopic (exact) mass is 320 g/mol. The summed E-state index contributed by atoms with van der Waals surface area (Å²) in [5.74, 6) is 0. The van der Waals surface area contributed by atoms with Crippen LogP contribution in [-0.4, -0.2) is 13.0 Å². The second kappa shape index (κ2) is 5.01. The average Bonchev–Trinajstić information content (AvgIpc) is 2.75. The zero-order chi connectivity index (χ0) is 15.0. The summed E-state index contributed by atoms with van der Waals surface area (Å²) in [5.41, 5.74) is 1.14. The maximum atomic E-state index is 12.3. The van der Waals surface area contributed by atoms with E-state index in [-0.39, 0.29) is 9.77 Å². The van der Waals surface area contributed by atoms with Crippen LogP contribution in [0.5, 0.6) is 0 Å². The Hall–Kier alpha value is -2.12. The fraction of sp³-hybridized carbons (Fsp3) is 0.0714. The second-order valence-electron chi connectivity index (χ2n) is 4.53. The summed E-state index contributed by atoms with van der Waals surface area (Å²) in [6, 6.07) is 13.2. The molecule has 3 rings (SSSR count). The molecule has 0 spiro atoms. The molecule has 0 saturated heterocycles. The predicted octanol–water partition coefficient (Wildman–Crippen LogP) is 2.40. The van der Waals surface area contributed by atoms with Crippen LogP contribution in [0.25, 0.3) is 10.2 Å². The summed E-state index contributed by atoms with van der Waals surface area (Å²) >= 11 is 1.13. The number of benzene rings is 2. The maximum absolute atomic E-state index is 12.3. The number of aryl methyl sites for hydroxylation is 1. The van der Waals surface area contributed by atoms with Crippen molar-refractivity contribution in [2.24, 2.45) is 7.05 Å². The molecule has 1 aromatic heterocycles. The van der Waals surface area contributed by atoms with Gasteiger partial charge in [0.15, 0.2) is 0 Å². The third kappa shape index (κ3) is 2.57. The zero-order valence-corrected chi connectivity index (χ0v) is 12.7. The smallest absolute Gasteiger partial charge is 0.302 e. The molecular formula is C14H12N2O3S2. The number of fused-ring (bicyclic) bond motifs is 1. The van der Waals surface area contributed by atoms with E-state index in [1.807, 2.05) is 0 Å². The van der Waals surface area contributed by atoms with Crippen LogP contribution >= 0.6 is 11.3 Å². The molecule has 1 heterocycles. The number of nitrogens with one attached hydrogen (secondary N) is 1. The number of hydrogen-bond donors (Lipinski definition) is 1. The average molecular weight is 320 g/mol. The van der Waals surface area contributed by atoms with Crippen LogP contribution in [0.3, 0.4) is 0 Å². The van der Waals surface area contributed by atoms with E-state index in [9.17, 15) is 13.2 Å². The van der Waals surface area contributed by atoms with E-state index in [1.165, 1.54) is 16.7 Å². The van der Waals surface area contributed by atoms with Crippen molar-refractivity contribution in [1.29, 1.82) is 0 Å². The number of aromatic nitrogens is 1. The molecular weight excluding hydrogens is 308 g/mol. The van der Waals surface area contributed by atoms with Crippen molar-refractivity contribution in [1.82, 2.24) is 4.57 Å². The van der Waals surface area contributed by atoms with Gasteiger partial charge < -0.3 is 4.57 Å². The lowest BCUT2D eigenvalue weighted by atomic mass is 10.3. The van der Waals surface area contributed by atoms with Gasteiger partial charge in [0.2, 0.25) is 0 Å². The lowest BCUT2D eigenvalue weighted by Crippen LogP contribution is -2.13. The predicted molar refractivity (Wildman–Crippen MR) is 84.3 cm³/mol. The van der Waals surface area contributed by atoms with Crippen molar-refractivity contribution in [3.05, 3.63) is 58.2 Å². The summed E-state index contributed by atoms with van der Waals surface area (Å²) < 4.78 is 29.4. The van der Waals surface area contributed by atoms with E-state index in [4.69, 9.17) is 0 Å². The first-order chi connectivity index (χ1) is 9.97. The number of anilines is 1. The van der Waals surface area contributed by atoms with Crippen LogP contribution in [-0.2, 0) is 17.1 Å². The Labute approximate surface area is 125 Å². The molecule has 0 aliphatic carbocycles. The van der Waals surface area contributed by atoms with E-state index >= 15 is 0 Å². The first-order valence-electron chi connectivity index (χ1n) is 6.15. The molecule has 0 bridgehead atoms. The topological polar surface area (TPSA) is 68.2 Å². The van der Waals surface area contributed by atoms with Crippen molar-refractivity contribution >= 4 is 37.3 Å². The van der Waals surface area contributed by atoms with Crippen molar-refractivity contribution in [2.45, 2.75) is 4.90 Å². The number of hydrogen-bond acceptors (Lipinski definition) is 4. The van der Waals surface area contributed by atoms with Crippen LogP contribution < -0.4 is 9.60 Å². The van der Waals surface area contributed by atoms with Gasteiger partial charge in [-0.2, -0.15) is 0 Å². The van der Waals surface area contributed by atoms with E-state index in [2.05, 4.69) is 4.72 Å². The van der Waals surface area contributed by atoms with E-state index < -0.39 is 10.0 Å². The van der Waals surface area contributed by atoms with E-state index in [1.54, 1.807) is 43.4 Å². The minimum Gasteiger partial charge on any atom is -0.302 e. The van der Waals surface area contributed by atoms with Crippen molar-refractivity contribution in [3.63, 3.8) is 0 Å². The molecule has 0 atom stereocenters. The molecule has 1 N–H and O–H groups in total. The summed E-state index contributed by atoms with van der Waals surface area (Å²) in [5, 5.41) is 0. The number of nitrogens with zero attached hydrogens (tertiary/aromatic N) is 1. The maximum Gasteiger partial charge on any atom is 0.307 e. The van der Waals surface area contributed by atoms with Crippen LogP contribution in [0, 0.1) is 0 Å². The van der Waals surface area contributed by atoms with Crippen molar-refractivity contribution in [2.75, 3.05) is 4.72 Å². The normalized spacial score (nSPS) is 11.7. The Bertz CT molecular complexity index is 957. The highest BCUT2D eigenvalue weighted by molar-refractivity contribution is 7.92. The van der Waals surface area contributed by atoms with Gasteiger partial charge in [0.1, 0.15) is 0 Å². The molecule has 7 heteroatoms. The van der Waals surface area contributed by atoms with Gasteiger partial charge in [0.05, 0.1) is 20.8 Å². The van der Waals surface area contributed by atoms with E-state index in [0.29, 0.717) is 11.2 Å². The highest BCUT2D eigenvalue weighted by Crippen LogP contribution is 2.23. The summed E-state index contributed by atoms with van der Waals surface area (Å²) in [6.45, 7) is 0. The first kappa shape index (κ1) is 13.8. The fourth-order valence-electron chi connectivity index (χ4n) is 2.00. The molecule has 0 saturated carbocycles. The molecule has 5 nitrogen and oxygen atoms in total. The second-order valence-corrected chi connectivity index (χ2v) is 7.20. The zero-order valence-electron chi connectivity index (χ0n) is 11.1. The number of thiazole rings is 1. The highest BCUT2D eigenvalue weighted by Gasteiger charge is 2.14. The van der Waals surface area contributed by atoms with Crippen LogP contribution in [0.15, 0.2) is 58.2 Å². The molecule has 0 aliphatic heterocycles. The van der Waals surface area contributed by atoms with Gasteiger partial charge in [0, 0.05) is 7.05 Å². The summed E-state index contributed by atoms with van der Waals surface area (Å²) in [4.78, 5) is 11.7. The summed E-state index contributed by atoms with van der Waals surface area (Å²) in [6.07, 6.45) is 0. The SMILES string of the molecule is Cn1c(=O)sc2ccc(NS(=O)(=O)c3ccccc3)cc21. The van der Waals surface area contributed by atoms with Crippen molar-refractivity contribution < 1.29 is 8.42 Å². The molecule has 0 unspecified atom stereocenters. The minimum absolute atomic E-state index is 0.0759. The molecule has 21 heavy (non-hydrogen) atoms. The quantitative estimate of drug-likeness (QED) is 0.806. The first-order valence-corrected chi connectivity index (χ1v) is 8.45. The molecule has 0 fully saturated rings. The Balaban J connectivity index is 2.02. The van der Waals surface area contributed by atoms with Gasteiger partial charge in [-0.05, 0) is 30.3 Å². The Kier molecular flexibility index (Phi) is 3.30. The van der Waals surface area contributed by atoms with E-state index in [0.717, 1.165) is 16.0 Å². The summed E-state index contributed by atoms with van der Waals surface area (Å²) in [7, 11) is -1.96. The lowest BCUT2D eigenvalue weighted by Gasteiger charge is -2.08. The van der Waals surface area contributed by atoms with Crippen LogP contribution in [0.1, 0.15) is 0 Å². The van der Waals surface area contributed by atoms with Gasteiger partial charge in [-0.1, -0.05) is 29.5 Å². The fourth-order valence-corrected chi connectivity index (χ4v) is 3.93. The van der Waals surface area contributed by atoms with Gasteiger partial charge in [-0.25, -0.2) is 8.42 Å². The molecule has 0 amide bonds. The van der Waals surface area contributed by atoms with Crippen molar-refractivity contribution in [3.8, 4) is 0 Å². The van der Waals surface area contributed by atoms with Gasteiger partial charge in [0.25, 0.3) is 10.0 Å².